The van der Waals surface area contributed by atoms with Crippen molar-refractivity contribution in [3.8, 4) is 0 Å². The first-order valence-electron chi connectivity index (χ1n) is 5.54. The van der Waals surface area contributed by atoms with E-state index in [4.69, 9.17) is 5.73 Å². The number of imide groups is 1. The van der Waals surface area contributed by atoms with Gasteiger partial charge in [-0.05, 0) is 11.8 Å². The summed E-state index contributed by atoms with van der Waals surface area (Å²) in [4.78, 5) is 23.8. The summed E-state index contributed by atoms with van der Waals surface area (Å²) < 4.78 is 0. The minimum atomic E-state index is -0.977. The summed E-state index contributed by atoms with van der Waals surface area (Å²) in [5, 5.41) is 2.29. The summed E-state index contributed by atoms with van der Waals surface area (Å²) in [6.07, 6.45) is 1.90. The molecule has 1 fully saturated rings. The van der Waals surface area contributed by atoms with Crippen LogP contribution in [0.4, 0.5) is 4.79 Å². The lowest BCUT2D eigenvalue weighted by Crippen LogP contribution is -2.65. The Kier molecular flexibility index (Phi) is 3.58. The highest BCUT2D eigenvalue weighted by molar-refractivity contribution is 7.99. The fraction of sp³-hybridized carbons (Fsp3) is 0.333. The molecule has 3 N–H and O–H groups in total. The van der Waals surface area contributed by atoms with Crippen molar-refractivity contribution in [3.63, 3.8) is 0 Å². The fourth-order valence-corrected chi connectivity index (χ4v) is 2.53. The average molecular weight is 265 g/mol. The Bertz CT molecular complexity index is 466. The normalized spacial score (nSPS) is 24.0. The number of benzene rings is 1. The van der Waals surface area contributed by atoms with Crippen LogP contribution in [0.25, 0.3) is 0 Å². The first-order chi connectivity index (χ1) is 8.55. The molecule has 0 saturated carbocycles. The molecule has 1 aromatic carbocycles. The van der Waals surface area contributed by atoms with E-state index in [1.807, 2.05) is 30.3 Å². The smallest absolute Gasteiger partial charge is 0.299 e. The zero-order valence-corrected chi connectivity index (χ0v) is 10.9. The molecule has 1 saturated heterocycles. The summed E-state index contributed by atoms with van der Waals surface area (Å²) >= 11 is 1.30. The Balaban J connectivity index is 2.23. The van der Waals surface area contributed by atoms with Crippen molar-refractivity contribution in [3.05, 3.63) is 35.9 Å². The van der Waals surface area contributed by atoms with Gasteiger partial charge in [0.2, 0.25) is 5.91 Å². The fourth-order valence-electron chi connectivity index (χ4n) is 1.88. The lowest BCUT2D eigenvalue weighted by atomic mass is 10.1. The lowest BCUT2D eigenvalue weighted by molar-refractivity contribution is -0.123. The minimum absolute atomic E-state index is 0.104. The molecule has 1 heterocycles. The first kappa shape index (κ1) is 12.9. The predicted octanol–water partition coefficient (Wildman–Crippen LogP) is 1.10. The van der Waals surface area contributed by atoms with Crippen molar-refractivity contribution in [1.29, 1.82) is 0 Å². The van der Waals surface area contributed by atoms with Crippen LogP contribution in [0.5, 0.6) is 0 Å². The molecule has 1 aromatic rings. The second-order valence-electron chi connectivity index (χ2n) is 4.15. The summed E-state index contributed by atoms with van der Waals surface area (Å²) in [7, 11) is 0. The number of urea groups is 1. The summed E-state index contributed by atoms with van der Waals surface area (Å²) in [6, 6.07) is 9.12. The number of rotatable bonds is 3. The summed E-state index contributed by atoms with van der Waals surface area (Å²) in [5.41, 5.74) is 7.12. The molecule has 0 spiro atoms. The van der Waals surface area contributed by atoms with Gasteiger partial charge in [-0.15, -0.1) is 11.8 Å². The van der Waals surface area contributed by atoms with E-state index in [2.05, 4.69) is 5.32 Å². The number of thioether (sulfide) groups is 1. The molecule has 1 atom stereocenters. The van der Waals surface area contributed by atoms with Gasteiger partial charge >= 0.3 is 6.03 Å². The second-order valence-corrected chi connectivity index (χ2v) is 5.27. The number of carbonyl (C=O) groups is 2. The van der Waals surface area contributed by atoms with Crippen molar-refractivity contribution in [2.75, 3.05) is 6.26 Å². The number of nitrogens with zero attached hydrogens (tertiary/aromatic N) is 1. The Morgan fingerprint density at radius 2 is 2.06 bits per heavy atom. The number of amides is 3. The third-order valence-electron chi connectivity index (χ3n) is 2.90. The predicted molar refractivity (Wildman–Crippen MR) is 70.6 cm³/mol. The van der Waals surface area contributed by atoms with Crippen LogP contribution in [0, 0.1) is 0 Å². The highest BCUT2D eigenvalue weighted by atomic mass is 32.2. The van der Waals surface area contributed by atoms with Crippen LogP contribution >= 0.6 is 11.8 Å². The van der Waals surface area contributed by atoms with Crippen molar-refractivity contribution in [1.82, 2.24) is 10.2 Å². The van der Waals surface area contributed by atoms with Gasteiger partial charge in [-0.2, -0.15) is 0 Å². The summed E-state index contributed by atoms with van der Waals surface area (Å²) in [6.45, 7) is 0.386. The molecule has 1 aliphatic rings. The third-order valence-corrected chi connectivity index (χ3v) is 3.97. The SMILES string of the molecule is CSC1(N)CC(=O)NC(=O)N1Cc1ccccc1. The van der Waals surface area contributed by atoms with Gasteiger partial charge in [-0.25, -0.2) is 4.79 Å². The van der Waals surface area contributed by atoms with Crippen LogP contribution < -0.4 is 11.1 Å². The topological polar surface area (TPSA) is 75.4 Å². The summed E-state index contributed by atoms with van der Waals surface area (Å²) in [5.74, 6) is -0.332. The Morgan fingerprint density at radius 3 is 2.67 bits per heavy atom. The molecular weight excluding hydrogens is 250 g/mol. The molecule has 1 unspecified atom stereocenters. The van der Waals surface area contributed by atoms with Gasteiger partial charge in [0.1, 0.15) is 4.99 Å². The number of carbonyl (C=O) groups excluding carboxylic acids is 2. The van der Waals surface area contributed by atoms with E-state index in [9.17, 15) is 9.59 Å². The minimum Gasteiger partial charge on any atom is -0.299 e. The highest BCUT2D eigenvalue weighted by Gasteiger charge is 2.42. The number of hydrogen-bond donors (Lipinski definition) is 2. The van der Waals surface area contributed by atoms with E-state index >= 15 is 0 Å². The molecule has 0 radical (unpaired) electrons. The molecule has 3 amide bonds. The van der Waals surface area contributed by atoms with Gasteiger partial charge in [-0.1, -0.05) is 30.3 Å². The van der Waals surface area contributed by atoms with Gasteiger partial charge in [0.25, 0.3) is 0 Å². The van der Waals surface area contributed by atoms with Crippen LogP contribution in [0.1, 0.15) is 12.0 Å². The number of nitrogens with two attached hydrogens (primary N) is 1. The average Bonchev–Trinajstić information content (AvgIpc) is 2.35. The molecule has 0 aromatic heterocycles. The first-order valence-corrected chi connectivity index (χ1v) is 6.77. The van der Waals surface area contributed by atoms with Gasteiger partial charge < -0.3 is 0 Å². The molecule has 2 rings (SSSR count). The maximum Gasteiger partial charge on any atom is 0.326 e. The van der Waals surface area contributed by atoms with Crippen molar-refractivity contribution < 1.29 is 9.59 Å². The van der Waals surface area contributed by atoms with E-state index in [0.717, 1.165) is 5.56 Å². The molecular formula is C12H15N3O2S. The quantitative estimate of drug-likeness (QED) is 0.803. The van der Waals surface area contributed by atoms with E-state index in [-0.39, 0.29) is 12.3 Å². The molecule has 18 heavy (non-hydrogen) atoms. The largest absolute Gasteiger partial charge is 0.326 e. The maximum atomic E-state index is 11.9. The molecule has 96 valence electrons. The van der Waals surface area contributed by atoms with E-state index in [0.29, 0.717) is 6.54 Å². The van der Waals surface area contributed by atoms with Gasteiger partial charge in [0, 0.05) is 0 Å². The molecule has 0 aliphatic carbocycles. The number of hydrogen-bond acceptors (Lipinski definition) is 4. The van der Waals surface area contributed by atoms with Crippen LogP contribution in [0.3, 0.4) is 0 Å². The van der Waals surface area contributed by atoms with Crippen molar-refractivity contribution in [2.45, 2.75) is 18.0 Å². The van der Waals surface area contributed by atoms with Crippen LogP contribution in [-0.2, 0) is 11.3 Å². The Hall–Kier alpha value is -1.53. The van der Waals surface area contributed by atoms with Crippen LogP contribution in [0.2, 0.25) is 0 Å². The second kappa shape index (κ2) is 4.99. The molecule has 5 nitrogen and oxygen atoms in total. The Labute approximate surface area is 110 Å². The lowest BCUT2D eigenvalue weighted by Gasteiger charge is -2.42. The van der Waals surface area contributed by atoms with Gasteiger partial charge in [-0.3, -0.25) is 20.7 Å². The van der Waals surface area contributed by atoms with E-state index in [1.54, 1.807) is 6.26 Å². The highest BCUT2D eigenvalue weighted by Crippen LogP contribution is 2.29. The zero-order valence-electron chi connectivity index (χ0n) is 10.1. The van der Waals surface area contributed by atoms with E-state index < -0.39 is 11.0 Å². The van der Waals surface area contributed by atoms with Crippen LogP contribution in [-0.4, -0.2) is 28.1 Å². The molecule has 0 bridgehead atoms. The maximum absolute atomic E-state index is 11.9. The van der Waals surface area contributed by atoms with Crippen LogP contribution in [0.15, 0.2) is 30.3 Å². The Morgan fingerprint density at radius 1 is 1.39 bits per heavy atom. The third kappa shape index (κ3) is 2.49. The standard InChI is InChI=1S/C12H15N3O2S/c1-18-12(13)7-10(16)14-11(17)15(12)8-9-5-3-2-4-6-9/h2-6H,7-8,13H2,1H3,(H,14,16,17). The molecule has 6 heteroatoms. The van der Waals surface area contributed by atoms with Gasteiger partial charge in [0.05, 0.1) is 13.0 Å². The van der Waals surface area contributed by atoms with E-state index in [1.165, 1.54) is 16.7 Å². The van der Waals surface area contributed by atoms with Crippen molar-refractivity contribution in [2.24, 2.45) is 5.73 Å². The molecule has 1 aliphatic heterocycles. The van der Waals surface area contributed by atoms with Gasteiger partial charge in [0.15, 0.2) is 0 Å². The zero-order chi connectivity index (χ0) is 13.2. The number of nitrogens with one attached hydrogen (secondary N) is 1. The van der Waals surface area contributed by atoms with Crippen molar-refractivity contribution >= 4 is 23.7 Å². The monoisotopic (exact) mass is 265 g/mol.